The van der Waals surface area contributed by atoms with Gasteiger partial charge < -0.3 is 4.74 Å². The molecule has 3 heteroatoms. The molecular weight excluding hydrogens is 270 g/mol. The molecule has 0 bridgehead atoms. The molecule has 0 saturated heterocycles. The Labute approximate surface area is 127 Å². The van der Waals surface area contributed by atoms with Crippen LogP contribution in [0.4, 0.5) is 0 Å². The molecular formula is C17H24ClNO. The first kappa shape index (κ1) is 14.2. The van der Waals surface area contributed by atoms with Crippen molar-refractivity contribution in [3.05, 3.63) is 29.8 Å². The van der Waals surface area contributed by atoms with Gasteiger partial charge in [-0.1, -0.05) is 31.0 Å². The van der Waals surface area contributed by atoms with Gasteiger partial charge in [-0.25, -0.2) is 0 Å². The Morgan fingerprint density at radius 3 is 2.75 bits per heavy atom. The number of nitrogens with zero attached hydrogens (tertiary/aromatic N) is 1. The van der Waals surface area contributed by atoms with E-state index in [0.717, 1.165) is 43.8 Å². The zero-order valence-electron chi connectivity index (χ0n) is 12.1. The molecule has 110 valence electrons. The molecule has 1 aromatic carbocycles. The van der Waals surface area contributed by atoms with E-state index in [1.165, 1.54) is 31.2 Å². The second kappa shape index (κ2) is 6.82. The minimum absolute atomic E-state index is 0.601. The van der Waals surface area contributed by atoms with Crippen LogP contribution in [0.3, 0.4) is 0 Å². The lowest BCUT2D eigenvalue weighted by atomic mass is 9.92. The molecule has 1 aliphatic carbocycles. The van der Waals surface area contributed by atoms with Crippen molar-refractivity contribution in [1.29, 1.82) is 0 Å². The van der Waals surface area contributed by atoms with E-state index >= 15 is 0 Å². The van der Waals surface area contributed by atoms with E-state index in [4.69, 9.17) is 16.3 Å². The van der Waals surface area contributed by atoms with E-state index in [1.807, 2.05) is 0 Å². The Balaban J connectivity index is 1.72. The number of para-hydroxylation sites is 1. The first-order valence-corrected chi connectivity index (χ1v) is 8.43. The fourth-order valence-electron chi connectivity index (χ4n) is 3.69. The lowest BCUT2D eigenvalue weighted by Gasteiger charge is -2.34. The third-order valence-corrected chi connectivity index (χ3v) is 4.92. The molecule has 2 aliphatic rings. The van der Waals surface area contributed by atoms with Crippen LogP contribution in [0, 0.1) is 0 Å². The number of fused-ring (bicyclic) bond motifs is 1. The SMILES string of the molecule is ClCCN(CC1CCOc2ccccc21)C1CCCC1. The Morgan fingerprint density at radius 2 is 1.95 bits per heavy atom. The van der Waals surface area contributed by atoms with Crippen molar-refractivity contribution < 1.29 is 4.74 Å². The zero-order valence-corrected chi connectivity index (χ0v) is 12.8. The Hall–Kier alpha value is -0.730. The number of rotatable bonds is 5. The van der Waals surface area contributed by atoms with Crippen LogP contribution in [0.2, 0.25) is 0 Å². The molecule has 2 nitrogen and oxygen atoms in total. The zero-order chi connectivity index (χ0) is 13.8. The summed E-state index contributed by atoms with van der Waals surface area (Å²) in [6, 6.07) is 9.27. The van der Waals surface area contributed by atoms with Crippen molar-refractivity contribution in [1.82, 2.24) is 4.90 Å². The van der Waals surface area contributed by atoms with E-state index in [-0.39, 0.29) is 0 Å². The average Bonchev–Trinajstić information content (AvgIpc) is 3.01. The average molecular weight is 294 g/mol. The molecule has 1 aliphatic heterocycles. The molecule has 1 atom stereocenters. The highest BCUT2D eigenvalue weighted by molar-refractivity contribution is 6.18. The minimum atomic E-state index is 0.601. The summed E-state index contributed by atoms with van der Waals surface area (Å²) in [5.74, 6) is 2.42. The quantitative estimate of drug-likeness (QED) is 0.760. The molecule has 0 radical (unpaired) electrons. The van der Waals surface area contributed by atoms with E-state index in [2.05, 4.69) is 29.2 Å². The molecule has 1 unspecified atom stereocenters. The summed E-state index contributed by atoms with van der Waals surface area (Å²) in [5, 5.41) is 0. The van der Waals surface area contributed by atoms with Crippen LogP contribution in [-0.2, 0) is 0 Å². The second-order valence-electron chi connectivity index (χ2n) is 5.99. The topological polar surface area (TPSA) is 12.5 Å². The second-order valence-corrected chi connectivity index (χ2v) is 6.37. The van der Waals surface area contributed by atoms with Crippen LogP contribution in [0.1, 0.15) is 43.6 Å². The summed E-state index contributed by atoms with van der Waals surface area (Å²) in [7, 11) is 0. The number of halogens is 1. The molecule has 3 rings (SSSR count). The van der Waals surface area contributed by atoms with Gasteiger partial charge in [-0.2, -0.15) is 0 Å². The largest absolute Gasteiger partial charge is 0.493 e. The molecule has 1 aromatic rings. The van der Waals surface area contributed by atoms with Crippen molar-refractivity contribution in [2.24, 2.45) is 0 Å². The number of benzene rings is 1. The number of hydrogen-bond donors (Lipinski definition) is 0. The summed E-state index contributed by atoms with van der Waals surface area (Å²) in [6.07, 6.45) is 6.59. The first-order chi connectivity index (χ1) is 9.88. The Morgan fingerprint density at radius 1 is 1.15 bits per heavy atom. The Kier molecular flexibility index (Phi) is 4.85. The molecule has 0 aromatic heterocycles. The summed E-state index contributed by atoms with van der Waals surface area (Å²) < 4.78 is 5.78. The molecule has 0 N–H and O–H groups in total. The van der Waals surface area contributed by atoms with Gasteiger partial charge in [0.25, 0.3) is 0 Å². The van der Waals surface area contributed by atoms with Crippen molar-refractivity contribution in [3.8, 4) is 5.75 Å². The summed E-state index contributed by atoms with van der Waals surface area (Å²) in [6.45, 7) is 3.00. The van der Waals surface area contributed by atoms with Crippen LogP contribution < -0.4 is 4.74 Å². The van der Waals surface area contributed by atoms with Crippen molar-refractivity contribution in [2.75, 3.05) is 25.6 Å². The maximum atomic E-state index is 6.03. The highest BCUT2D eigenvalue weighted by Gasteiger charge is 2.28. The van der Waals surface area contributed by atoms with Crippen LogP contribution in [0.5, 0.6) is 5.75 Å². The fourth-order valence-corrected chi connectivity index (χ4v) is 3.91. The summed E-state index contributed by atoms with van der Waals surface area (Å²) >= 11 is 6.03. The van der Waals surface area contributed by atoms with Crippen molar-refractivity contribution in [2.45, 2.75) is 44.1 Å². The molecule has 0 amide bonds. The van der Waals surface area contributed by atoms with Gasteiger partial charge in [-0.15, -0.1) is 11.6 Å². The number of hydrogen-bond acceptors (Lipinski definition) is 2. The molecule has 1 saturated carbocycles. The van der Waals surface area contributed by atoms with E-state index < -0.39 is 0 Å². The number of ether oxygens (including phenoxy) is 1. The third kappa shape index (κ3) is 3.12. The maximum Gasteiger partial charge on any atom is 0.122 e. The van der Waals surface area contributed by atoms with Gasteiger partial charge in [0.15, 0.2) is 0 Å². The smallest absolute Gasteiger partial charge is 0.122 e. The fraction of sp³-hybridized carbons (Fsp3) is 0.647. The maximum absolute atomic E-state index is 6.03. The van der Waals surface area contributed by atoms with Crippen LogP contribution >= 0.6 is 11.6 Å². The van der Waals surface area contributed by atoms with Gasteiger partial charge in [-0.05, 0) is 30.9 Å². The Bertz CT molecular complexity index is 431. The lowest BCUT2D eigenvalue weighted by molar-refractivity contribution is 0.174. The molecule has 1 fully saturated rings. The lowest BCUT2D eigenvalue weighted by Crippen LogP contribution is -2.39. The molecule has 0 spiro atoms. The van der Waals surface area contributed by atoms with Crippen molar-refractivity contribution >= 4 is 11.6 Å². The van der Waals surface area contributed by atoms with Gasteiger partial charge >= 0.3 is 0 Å². The van der Waals surface area contributed by atoms with Gasteiger partial charge in [-0.3, -0.25) is 4.90 Å². The monoisotopic (exact) mass is 293 g/mol. The van der Waals surface area contributed by atoms with E-state index in [0.29, 0.717) is 5.92 Å². The van der Waals surface area contributed by atoms with Crippen LogP contribution in [0.25, 0.3) is 0 Å². The summed E-state index contributed by atoms with van der Waals surface area (Å²) in [4.78, 5) is 2.63. The highest BCUT2D eigenvalue weighted by atomic mass is 35.5. The standard InChI is InChI=1S/C17H24ClNO/c18-10-11-19(15-5-1-2-6-15)13-14-9-12-20-17-8-4-3-7-16(14)17/h3-4,7-8,14-15H,1-2,5-6,9-13H2. The highest BCUT2D eigenvalue weighted by Crippen LogP contribution is 2.35. The molecule has 20 heavy (non-hydrogen) atoms. The molecule has 1 heterocycles. The van der Waals surface area contributed by atoms with E-state index in [9.17, 15) is 0 Å². The predicted molar refractivity (Wildman–Crippen MR) is 83.8 cm³/mol. The van der Waals surface area contributed by atoms with Crippen LogP contribution in [0.15, 0.2) is 24.3 Å². The van der Waals surface area contributed by atoms with Gasteiger partial charge in [0.2, 0.25) is 0 Å². The van der Waals surface area contributed by atoms with Crippen LogP contribution in [-0.4, -0.2) is 36.5 Å². The summed E-state index contributed by atoms with van der Waals surface area (Å²) in [5.41, 5.74) is 1.39. The van der Waals surface area contributed by atoms with Gasteiger partial charge in [0, 0.05) is 30.9 Å². The first-order valence-electron chi connectivity index (χ1n) is 7.90. The number of alkyl halides is 1. The predicted octanol–water partition coefficient (Wildman–Crippen LogP) is 4.04. The van der Waals surface area contributed by atoms with Crippen molar-refractivity contribution in [3.63, 3.8) is 0 Å². The minimum Gasteiger partial charge on any atom is -0.493 e. The third-order valence-electron chi connectivity index (χ3n) is 4.75. The van der Waals surface area contributed by atoms with Gasteiger partial charge in [0.1, 0.15) is 5.75 Å². The van der Waals surface area contributed by atoms with Gasteiger partial charge in [0.05, 0.1) is 6.61 Å². The van der Waals surface area contributed by atoms with E-state index in [1.54, 1.807) is 0 Å². The normalized spacial score (nSPS) is 22.8.